The predicted molar refractivity (Wildman–Crippen MR) is 89.6 cm³/mol. The Morgan fingerprint density at radius 2 is 1.74 bits per heavy atom. The monoisotopic (exact) mass is 369 g/mol. The molecule has 0 spiro atoms. The van der Waals surface area contributed by atoms with E-state index in [2.05, 4.69) is 0 Å². The Labute approximate surface area is 144 Å². The van der Waals surface area contributed by atoms with Crippen molar-refractivity contribution in [1.82, 2.24) is 4.72 Å². The van der Waals surface area contributed by atoms with Gasteiger partial charge in [-0.2, -0.15) is 0 Å². The first-order valence-corrected chi connectivity index (χ1v) is 9.25. The van der Waals surface area contributed by atoms with Crippen molar-refractivity contribution in [2.75, 3.05) is 0 Å². The highest BCUT2D eigenvalue weighted by Crippen LogP contribution is 2.25. The average Bonchev–Trinajstić information content (AvgIpc) is 2.93. The van der Waals surface area contributed by atoms with Gasteiger partial charge in [0.1, 0.15) is 0 Å². The van der Waals surface area contributed by atoms with Crippen LogP contribution in [0.25, 0.3) is 0 Å². The van der Waals surface area contributed by atoms with E-state index in [1.54, 1.807) is 12.1 Å². The normalized spacial score (nSPS) is 13.7. The highest BCUT2D eigenvalue weighted by molar-refractivity contribution is 7.90. The van der Waals surface area contributed by atoms with Gasteiger partial charge in [-0.3, -0.25) is 4.79 Å². The minimum atomic E-state index is -3.95. The van der Waals surface area contributed by atoms with Crippen LogP contribution in [0.5, 0.6) is 0 Å². The van der Waals surface area contributed by atoms with Crippen molar-refractivity contribution in [1.29, 1.82) is 0 Å². The molecule has 1 aliphatic rings. The Bertz CT molecular complexity index is 894. The molecule has 7 heteroatoms. The molecule has 1 aliphatic carbocycles. The summed E-state index contributed by atoms with van der Waals surface area (Å²) < 4.78 is 26.8. The molecule has 0 heterocycles. The van der Waals surface area contributed by atoms with E-state index >= 15 is 0 Å². The summed E-state index contributed by atoms with van der Waals surface area (Å²) in [4.78, 5) is 12.3. The molecule has 1 N–H and O–H groups in total. The van der Waals surface area contributed by atoms with Crippen LogP contribution in [0.4, 0.5) is 0 Å². The second kappa shape index (κ2) is 6.15. The van der Waals surface area contributed by atoms with Gasteiger partial charge in [-0.25, -0.2) is 13.1 Å². The van der Waals surface area contributed by atoms with Gasteiger partial charge in [0.05, 0.1) is 15.5 Å². The summed E-state index contributed by atoms with van der Waals surface area (Å²) in [5.41, 5.74) is 2.24. The molecular formula is C16H13Cl2NO3S. The lowest BCUT2D eigenvalue weighted by Crippen LogP contribution is -2.30. The van der Waals surface area contributed by atoms with Crippen LogP contribution in [0.1, 0.15) is 27.9 Å². The number of amides is 1. The van der Waals surface area contributed by atoms with Crippen molar-refractivity contribution in [2.45, 2.75) is 24.2 Å². The van der Waals surface area contributed by atoms with E-state index in [0.717, 1.165) is 30.4 Å². The highest BCUT2D eigenvalue weighted by Gasteiger charge is 2.22. The number of aryl methyl sites for hydroxylation is 2. The smallest absolute Gasteiger partial charge is 0.266 e. The van der Waals surface area contributed by atoms with Gasteiger partial charge in [0.15, 0.2) is 0 Å². The molecule has 0 aliphatic heterocycles. The summed E-state index contributed by atoms with van der Waals surface area (Å²) in [7, 11) is -3.95. The molecule has 1 amide bonds. The Morgan fingerprint density at radius 3 is 2.48 bits per heavy atom. The van der Waals surface area contributed by atoms with E-state index in [9.17, 15) is 13.2 Å². The fourth-order valence-corrected chi connectivity index (χ4v) is 4.14. The van der Waals surface area contributed by atoms with Gasteiger partial charge in [-0.15, -0.1) is 0 Å². The van der Waals surface area contributed by atoms with Crippen LogP contribution in [-0.4, -0.2) is 14.3 Å². The molecule has 120 valence electrons. The minimum Gasteiger partial charge on any atom is -0.268 e. The van der Waals surface area contributed by atoms with Crippen molar-refractivity contribution >= 4 is 39.1 Å². The molecule has 0 fully saturated rings. The van der Waals surface area contributed by atoms with Gasteiger partial charge in [0, 0.05) is 5.02 Å². The van der Waals surface area contributed by atoms with E-state index in [1.807, 2.05) is 4.72 Å². The third-order valence-corrected chi connectivity index (χ3v) is 5.66. The highest BCUT2D eigenvalue weighted by atomic mass is 35.5. The lowest BCUT2D eigenvalue weighted by atomic mass is 10.1. The Balaban J connectivity index is 1.87. The van der Waals surface area contributed by atoms with Crippen LogP contribution in [-0.2, 0) is 22.9 Å². The van der Waals surface area contributed by atoms with Gasteiger partial charge in [0.25, 0.3) is 15.9 Å². The molecule has 0 saturated carbocycles. The van der Waals surface area contributed by atoms with Crippen molar-refractivity contribution in [2.24, 2.45) is 0 Å². The molecule has 2 aromatic carbocycles. The number of hydrogen-bond donors (Lipinski definition) is 1. The molecular weight excluding hydrogens is 357 g/mol. The number of carbonyl (C=O) groups excluding carboxylic acids is 1. The van der Waals surface area contributed by atoms with E-state index in [-0.39, 0.29) is 15.5 Å². The summed E-state index contributed by atoms with van der Waals surface area (Å²) in [6.07, 6.45) is 2.84. The van der Waals surface area contributed by atoms with E-state index < -0.39 is 15.9 Å². The zero-order chi connectivity index (χ0) is 16.6. The summed E-state index contributed by atoms with van der Waals surface area (Å²) in [6.45, 7) is 0. The molecule has 0 radical (unpaired) electrons. The zero-order valence-corrected chi connectivity index (χ0v) is 14.3. The molecule has 0 aromatic heterocycles. The van der Waals surface area contributed by atoms with Crippen LogP contribution >= 0.6 is 23.2 Å². The second-order valence-electron chi connectivity index (χ2n) is 5.34. The number of carbonyl (C=O) groups is 1. The molecule has 23 heavy (non-hydrogen) atoms. The summed E-state index contributed by atoms with van der Waals surface area (Å²) >= 11 is 11.7. The number of sulfonamides is 1. The molecule has 0 atom stereocenters. The second-order valence-corrected chi connectivity index (χ2v) is 7.87. The lowest BCUT2D eigenvalue weighted by molar-refractivity contribution is 0.0981. The SMILES string of the molecule is O=C(NS(=O)(=O)c1ccc2c(c1)CCC2)c1ccc(Cl)cc1Cl. The van der Waals surface area contributed by atoms with Crippen molar-refractivity contribution in [3.8, 4) is 0 Å². The van der Waals surface area contributed by atoms with Gasteiger partial charge in [-0.05, 0) is 60.7 Å². The number of fused-ring (bicyclic) bond motifs is 1. The maximum atomic E-state index is 12.4. The Hall–Kier alpha value is -1.56. The molecule has 2 aromatic rings. The molecule has 4 nitrogen and oxygen atoms in total. The van der Waals surface area contributed by atoms with Crippen molar-refractivity contribution < 1.29 is 13.2 Å². The number of hydrogen-bond acceptors (Lipinski definition) is 3. The van der Waals surface area contributed by atoms with E-state index in [4.69, 9.17) is 23.2 Å². The lowest BCUT2D eigenvalue weighted by Gasteiger charge is -2.09. The van der Waals surface area contributed by atoms with Gasteiger partial charge < -0.3 is 0 Å². The standard InChI is InChI=1S/C16H13Cl2NO3S/c17-12-5-7-14(15(18)9-12)16(20)19-23(21,22)13-6-4-10-2-1-3-11(10)8-13/h4-9H,1-3H2,(H,19,20). The third kappa shape index (κ3) is 3.37. The zero-order valence-electron chi connectivity index (χ0n) is 12.0. The van der Waals surface area contributed by atoms with Crippen LogP contribution in [0, 0.1) is 0 Å². The van der Waals surface area contributed by atoms with Crippen LogP contribution in [0.2, 0.25) is 10.0 Å². The van der Waals surface area contributed by atoms with Crippen molar-refractivity contribution in [3.63, 3.8) is 0 Å². The Morgan fingerprint density at radius 1 is 1.00 bits per heavy atom. The number of rotatable bonds is 3. The van der Waals surface area contributed by atoms with Crippen LogP contribution in [0.3, 0.4) is 0 Å². The maximum Gasteiger partial charge on any atom is 0.266 e. The first-order valence-electron chi connectivity index (χ1n) is 7.01. The third-order valence-electron chi connectivity index (χ3n) is 3.78. The first-order chi connectivity index (χ1) is 10.9. The molecule has 0 saturated heterocycles. The summed E-state index contributed by atoms with van der Waals surface area (Å²) in [5, 5.41) is 0.465. The van der Waals surface area contributed by atoms with Gasteiger partial charge in [0.2, 0.25) is 0 Å². The topological polar surface area (TPSA) is 63.2 Å². The van der Waals surface area contributed by atoms with Gasteiger partial charge >= 0.3 is 0 Å². The quantitative estimate of drug-likeness (QED) is 0.898. The summed E-state index contributed by atoms with van der Waals surface area (Å²) in [5.74, 6) is -0.785. The fourth-order valence-electron chi connectivity index (χ4n) is 2.62. The van der Waals surface area contributed by atoms with Gasteiger partial charge in [-0.1, -0.05) is 29.3 Å². The van der Waals surface area contributed by atoms with E-state index in [0.29, 0.717) is 5.02 Å². The maximum absolute atomic E-state index is 12.4. The van der Waals surface area contributed by atoms with E-state index in [1.165, 1.54) is 24.3 Å². The number of benzene rings is 2. The molecule has 0 bridgehead atoms. The summed E-state index contributed by atoms with van der Waals surface area (Å²) in [6, 6.07) is 9.20. The molecule has 0 unspecified atom stereocenters. The average molecular weight is 370 g/mol. The first kappa shape index (κ1) is 16.3. The fraction of sp³-hybridized carbons (Fsp3) is 0.188. The number of halogens is 2. The molecule has 3 rings (SSSR count). The Kier molecular flexibility index (Phi) is 4.36. The largest absolute Gasteiger partial charge is 0.268 e. The van der Waals surface area contributed by atoms with Crippen LogP contribution < -0.4 is 4.72 Å². The minimum absolute atomic E-state index is 0.0563. The van der Waals surface area contributed by atoms with Crippen LogP contribution in [0.15, 0.2) is 41.3 Å². The number of nitrogens with one attached hydrogen (secondary N) is 1. The van der Waals surface area contributed by atoms with Crippen molar-refractivity contribution in [3.05, 3.63) is 63.1 Å². The predicted octanol–water partition coefficient (Wildman–Crippen LogP) is 3.60.